The lowest BCUT2D eigenvalue weighted by atomic mass is 9.92. The molecule has 0 spiro atoms. The molecule has 0 saturated carbocycles. The third-order valence-corrected chi connectivity index (χ3v) is 7.97. The Morgan fingerprint density at radius 3 is 2.23 bits per heavy atom. The van der Waals surface area contributed by atoms with Crippen molar-refractivity contribution in [2.75, 3.05) is 6.26 Å². The van der Waals surface area contributed by atoms with Gasteiger partial charge in [0.2, 0.25) is 0 Å². The number of nitrogens with zero attached hydrogens (tertiary/aromatic N) is 1. The van der Waals surface area contributed by atoms with Crippen molar-refractivity contribution in [3.8, 4) is 22.3 Å². The SMILES string of the molecule is CC(C)(c1cc(-c2cccc(-c3ccc(C=O)cc3)c2)c2ncccc2c1)S(C)(=O)=O. The van der Waals surface area contributed by atoms with Crippen LogP contribution in [0.3, 0.4) is 0 Å². The summed E-state index contributed by atoms with van der Waals surface area (Å²) in [5.74, 6) is 0. The molecule has 4 aromatic rings. The summed E-state index contributed by atoms with van der Waals surface area (Å²) in [6.07, 6.45) is 3.84. The van der Waals surface area contributed by atoms with E-state index in [-0.39, 0.29) is 0 Å². The summed E-state index contributed by atoms with van der Waals surface area (Å²) in [4.78, 5) is 15.5. The van der Waals surface area contributed by atoms with Gasteiger partial charge in [-0.05, 0) is 60.4 Å². The number of benzene rings is 3. The first-order valence-electron chi connectivity index (χ1n) is 9.95. The number of sulfone groups is 1. The van der Waals surface area contributed by atoms with Gasteiger partial charge in [0, 0.05) is 29.0 Å². The Labute approximate surface area is 182 Å². The number of aromatic nitrogens is 1. The topological polar surface area (TPSA) is 64.1 Å². The molecule has 0 bridgehead atoms. The molecule has 3 aromatic carbocycles. The molecular formula is C26H23NO3S. The molecule has 156 valence electrons. The van der Waals surface area contributed by atoms with Crippen LogP contribution in [0.25, 0.3) is 33.2 Å². The van der Waals surface area contributed by atoms with Crippen molar-refractivity contribution in [2.24, 2.45) is 0 Å². The number of pyridine rings is 1. The minimum atomic E-state index is -3.33. The molecule has 5 heteroatoms. The highest BCUT2D eigenvalue weighted by atomic mass is 32.2. The number of carbonyl (C=O) groups excluding carboxylic acids is 1. The quantitative estimate of drug-likeness (QED) is 0.384. The number of rotatable bonds is 5. The Morgan fingerprint density at radius 2 is 1.55 bits per heavy atom. The highest BCUT2D eigenvalue weighted by molar-refractivity contribution is 7.91. The fourth-order valence-corrected chi connectivity index (χ4v) is 4.14. The first-order valence-corrected chi connectivity index (χ1v) is 11.8. The molecule has 4 nitrogen and oxygen atoms in total. The van der Waals surface area contributed by atoms with Crippen LogP contribution in [0.2, 0.25) is 0 Å². The minimum absolute atomic E-state index is 0.630. The molecule has 1 heterocycles. The second-order valence-corrected chi connectivity index (χ2v) is 10.8. The predicted octanol–water partition coefficient (Wildman–Crippen LogP) is 5.66. The van der Waals surface area contributed by atoms with Crippen molar-refractivity contribution in [1.82, 2.24) is 4.98 Å². The van der Waals surface area contributed by atoms with E-state index in [1.807, 2.05) is 54.6 Å². The van der Waals surface area contributed by atoms with Crippen LogP contribution in [0, 0.1) is 0 Å². The fourth-order valence-electron chi connectivity index (χ4n) is 3.59. The first kappa shape index (κ1) is 20.9. The van der Waals surface area contributed by atoms with E-state index in [9.17, 15) is 13.2 Å². The normalized spacial score (nSPS) is 12.1. The Hall–Kier alpha value is -3.31. The third-order valence-electron chi connectivity index (χ3n) is 5.88. The van der Waals surface area contributed by atoms with E-state index in [0.717, 1.165) is 45.0 Å². The summed E-state index contributed by atoms with van der Waals surface area (Å²) in [7, 11) is -3.33. The molecule has 0 fully saturated rings. The maximum absolute atomic E-state index is 12.5. The number of carbonyl (C=O) groups is 1. The Morgan fingerprint density at radius 1 is 0.839 bits per heavy atom. The standard InChI is InChI=1S/C26H23NO3S/c1-26(2,31(3,29)30)23-15-22-8-5-13-27-25(22)24(16-23)21-7-4-6-20(14-21)19-11-9-18(17-28)10-12-19/h4-17H,1-3H3. The molecule has 0 N–H and O–H groups in total. The van der Waals surface area contributed by atoms with Gasteiger partial charge in [-0.2, -0.15) is 0 Å². The molecule has 0 amide bonds. The Balaban J connectivity index is 1.92. The van der Waals surface area contributed by atoms with Crippen molar-refractivity contribution in [1.29, 1.82) is 0 Å². The highest BCUT2D eigenvalue weighted by Crippen LogP contribution is 2.37. The number of fused-ring (bicyclic) bond motifs is 1. The van der Waals surface area contributed by atoms with Crippen LogP contribution in [0.5, 0.6) is 0 Å². The maximum Gasteiger partial charge on any atom is 0.156 e. The minimum Gasteiger partial charge on any atom is -0.298 e. The molecule has 4 rings (SSSR count). The van der Waals surface area contributed by atoms with Crippen molar-refractivity contribution in [3.63, 3.8) is 0 Å². The van der Waals surface area contributed by atoms with Crippen LogP contribution in [0.15, 0.2) is 79.0 Å². The lowest BCUT2D eigenvalue weighted by Crippen LogP contribution is -2.28. The van der Waals surface area contributed by atoms with Gasteiger partial charge in [-0.3, -0.25) is 9.78 Å². The summed E-state index contributed by atoms with van der Waals surface area (Å²) in [5.41, 5.74) is 6.02. The van der Waals surface area contributed by atoms with Gasteiger partial charge in [-0.1, -0.05) is 48.5 Å². The van der Waals surface area contributed by atoms with Crippen LogP contribution in [-0.4, -0.2) is 25.9 Å². The summed E-state index contributed by atoms with van der Waals surface area (Å²) < 4.78 is 23.9. The van der Waals surface area contributed by atoms with E-state index in [1.54, 1.807) is 32.2 Å². The molecule has 1 aromatic heterocycles. The molecule has 0 radical (unpaired) electrons. The average Bonchev–Trinajstić information content (AvgIpc) is 2.77. The zero-order valence-electron chi connectivity index (χ0n) is 17.7. The lowest BCUT2D eigenvalue weighted by Gasteiger charge is -2.24. The molecule has 0 unspecified atom stereocenters. The van der Waals surface area contributed by atoms with Gasteiger partial charge in [0.1, 0.15) is 6.29 Å². The second kappa shape index (κ2) is 7.75. The highest BCUT2D eigenvalue weighted by Gasteiger charge is 2.33. The molecule has 0 atom stereocenters. The smallest absolute Gasteiger partial charge is 0.156 e. The average molecular weight is 430 g/mol. The zero-order chi connectivity index (χ0) is 22.2. The molecule has 0 saturated heterocycles. The third kappa shape index (κ3) is 3.89. The largest absolute Gasteiger partial charge is 0.298 e. The van der Waals surface area contributed by atoms with E-state index in [0.29, 0.717) is 5.56 Å². The van der Waals surface area contributed by atoms with E-state index < -0.39 is 14.6 Å². The van der Waals surface area contributed by atoms with Crippen molar-refractivity contribution < 1.29 is 13.2 Å². The van der Waals surface area contributed by atoms with Crippen molar-refractivity contribution >= 4 is 27.0 Å². The van der Waals surface area contributed by atoms with E-state index in [1.165, 1.54) is 6.26 Å². The molecule has 0 aliphatic carbocycles. The van der Waals surface area contributed by atoms with Gasteiger partial charge in [0.05, 0.1) is 10.3 Å². The number of hydrogen-bond acceptors (Lipinski definition) is 4. The van der Waals surface area contributed by atoms with E-state index >= 15 is 0 Å². The summed E-state index contributed by atoms with van der Waals surface area (Å²) in [6, 6.07) is 23.1. The molecule has 0 aliphatic heterocycles. The summed E-state index contributed by atoms with van der Waals surface area (Å²) >= 11 is 0. The fraction of sp³-hybridized carbons (Fsp3) is 0.154. The van der Waals surface area contributed by atoms with E-state index in [2.05, 4.69) is 11.1 Å². The van der Waals surface area contributed by atoms with Crippen molar-refractivity contribution in [2.45, 2.75) is 18.6 Å². The van der Waals surface area contributed by atoms with E-state index in [4.69, 9.17) is 0 Å². The Bertz CT molecular complexity index is 1390. The second-order valence-electron chi connectivity index (χ2n) is 8.20. The monoisotopic (exact) mass is 429 g/mol. The van der Waals surface area contributed by atoms with Gasteiger partial charge in [0.15, 0.2) is 9.84 Å². The van der Waals surface area contributed by atoms with Crippen LogP contribution in [0.1, 0.15) is 29.8 Å². The van der Waals surface area contributed by atoms with Gasteiger partial charge in [-0.25, -0.2) is 8.42 Å². The Kier molecular flexibility index (Phi) is 5.23. The zero-order valence-corrected chi connectivity index (χ0v) is 18.5. The summed E-state index contributed by atoms with van der Waals surface area (Å²) in [5, 5.41) is 0.896. The first-order chi connectivity index (χ1) is 14.7. The summed E-state index contributed by atoms with van der Waals surface area (Å²) in [6.45, 7) is 3.46. The molecule has 0 aliphatic rings. The van der Waals surface area contributed by atoms with Crippen LogP contribution in [0.4, 0.5) is 0 Å². The predicted molar refractivity (Wildman–Crippen MR) is 126 cm³/mol. The number of hydrogen-bond donors (Lipinski definition) is 0. The van der Waals surface area contributed by atoms with Gasteiger partial charge in [0.25, 0.3) is 0 Å². The van der Waals surface area contributed by atoms with Crippen LogP contribution in [-0.2, 0) is 14.6 Å². The van der Waals surface area contributed by atoms with Crippen molar-refractivity contribution in [3.05, 3.63) is 90.1 Å². The molecule has 31 heavy (non-hydrogen) atoms. The molecular weight excluding hydrogens is 406 g/mol. The number of aldehydes is 1. The maximum atomic E-state index is 12.5. The van der Waals surface area contributed by atoms with Crippen LogP contribution < -0.4 is 0 Å². The van der Waals surface area contributed by atoms with Gasteiger partial charge >= 0.3 is 0 Å². The van der Waals surface area contributed by atoms with Gasteiger partial charge < -0.3 is 0 Å². The van der Waals surface area contributed by atoms with Gasteiger partial charge in [-0.15, -0.1) is 0 Å². The lowest BCUT2D eigenvalue weighted by molar-refractivity contribution is 0.112. The van der Waals surface area contributed by atoms with Crippen LogP contribution >= 0.6 is 0 Å².